The van der Waals surface area contributed by atoms with E-state index in [1.165, 1.54) is 7.11 Å². The summed E-state index contributed by atoms with van der Waals surface area (Å²) in [6, 6.07) is 13.2. The zero-order valence-electron chi connectivity index (χ0n) is 16.1. The first kappa shape index (κ1) is 21.0. The first-order valence-corrected chi connectivity index (χ1v) is 8.77. The molecule has 0 heterocycles. The van der Waals surface area contributed by atoms with Crippen molar-refractivity contribution >= 4 is 17.8 Å². The van der Waals surface area contributed by atoms with Gasteiger partial charge < -0.3 is 19.5 Å². The number of carbonyl (C=O) groups excluding carboxylic acids is 3. The van der Waals surface area contributed by atoms with Crippen molar-refractivity contribution in [2.45, 2.75) is 26.5 Å². The van der Waals surface area contributed by atoms with Crippen molar-refractivity contribution in [3.8, 4) is 5.75 Å². The van der Waals surface area contributed by atoms with E-state index in [9.17, 15) is 14.4 Å². The maximum atomic E-state index is 12.0. The van der Waals surface area contributed by atoms with Crippen molar-refractivity contribution in [1.82, 2.24) is 5.32 Å². The normalized spacial score (nSPS) is 10.3. The van der Waals surface area contributed by atoms with E-state index in [2.05, 4.69) is 10.1 Å². The third-order valence-electron chi connectivity index (χ3n) is 3.66. The fourth-order valence-corrected chi connectivity index (χ4v) is 2.28. The maximum absolute atomic E-state index is 12.0. The van der Waals surface area contributed by atoms with E-state index in [0.717, 1.165) is 5.56 Å². The van der Waals surface area contributed by atoms with Gasteiger partial charge >= 0.3 is 11.9 Å². The fraction of sp³-hybridized carbons (Fsp3) is 0.286. The van der Waals surface area contributed by atoms with Crippen LogP contribution in [0.25, 0.3) is 0 Å². The van der Waals surface area contributed by atoms with Crippen LogP contribution in [0.3, 0.4) is 0 Å². The molecule has 0 atom stereocenters. The molecule has 7 nitrogen and oxygen atoms in total. The zero-order chi connectivity index (χ0) is 20.5. The fourth-order valence-electron chi connectivity index (χ4n) is 2.28. The number of benzene rings is 2. The van der Waals surface area contributed by atoms with Gasteiger partial charge in [0.1, 0.15) is 5.75 Å². The number of hydrogen-bond donors (Lipinski definition) is 1. The second kappa shape index (κ2) is 10.1. The topological polar surface area (TPSA) is 90.9 Å². The Labute approximate surface area is 163 Å². The average Bonchev–Trinajstić information content (AvgIpc) is 2.70. The van der Waals surface area contributed by atoms with Gasteiger partial charge in [-0.05, 0) is 55.8 Å². The Morgan fingerprint density at radius 3 is 2.04 bits per heavy atom. The summed E-state index contributed by atoms with van der Waals surface area (Å²) in [5, 5.41) is 2.65. The number of amides is 1. The van der Waals surface area contributed by atoms with Crippen LogP contribution in [-0.2, 0) is 20.8 Å². The van der Waals surface area contributed by atoms with E-state index in [4.69, 9.17) is 9.47 Å². The molecule has 2 aromatic rings. The minimum Gasteiger partial charge on any atom is -0.491 e. The van der Waals surface area contributed by atoms with Gasteiger partial charge in [-0.2, -0.15) is 0 Å². The standard InChI is InChI=1S/C21H23NO6/c1-14(2)28-18-10-8-17(9-11-18)21(25)27-13-19(23)22-12-15-4-6-16(7-5-15)20(24)26-3/h4-11,14H,12-13H2,1-3H3,(H,22,23). The maximum Gasteiger partial charge on any atom is 0.338 e. The Hall–Kier alpha value is -3.35. The van der Waals surface area contributed by atoms with Crippen molar-refractivity contribution in [1.29, 1.82) is 0 Å². The highest BCUT2D eigenvalue weighted by Crippen LogP contribution is 2.14. The molecular weight excluding hydrogens is 362 g/mol. The summed E-state index contributed by atoms with van der Waals surface area (Å²) in [5.74, 6) is -0.785. The summed E-state index contributed by atoms with van der Waals surface area (Å²) < 4.78 is 15.1. The van der Waals surface area contributed by atoms with E-state index in [1.807, 2.05) is 13.8 Å². The predicted molar refractivity (Wildman–Crippen MR) is 102 cm³/mol. The van der Waals surface area contributed by atoms with Gasteiger partial charge in [-0.1, -0.05) is 12.1 Å². The van der Waals surface area contributed by atoms with E-state index in [1.54, 1.807) is 48.5 Å². The Balaban J connectivity index is 1.77. The zero-order valence-corrected chi connectivity index (χ0v) is 16.1. The van der Waals surface area contributed by atoms with Crippen LogP contribution in [0.5, 0.6) is 5.75 Å². The Morgan fingerprint density at radius 2 is 1.46 bits per heavy atom. The molecule has 1 N–H and O–H groups in total. The van der Waals surface area contributed by atoms with E-state index in [0.29, 0.717) is 16.9 Å². The summed E-state index contributed by atoms with van der Waals surface area (Å²) in [6.45, 7) is 3.69. The molecule has 0 aromatic heterocycles. The lowest BCUT2D eigenvalue weighted by atomic mass is 10.1. The van der Waals surface area contributed by atoms with Crippen molar-refractivity contribution in [2.75, 3.05) is 13.7 Å². The molecule has 0 saturated heterocycles. The first-order valence-electron chi connectivity index (χ1n) is 8.77. The predicted octanol–water partition coefficient (Wildman–Crippen LogP) is 2.73. The molecule has 0 fully saturated rings. The van der Waals surface area contributed by atoms with Gasteiger partial charge in [0.25, 0.3) is 5.91 Å². The van der Waals surface area contributed by atoms with Crippen LogP contribution in [0.2, 0.25) is 0 Å². The minimum atomic E-state index is -0.589. The molecule has 0 aliphatic carbocycles. The summed E-state index contributed by atoms with van der Waals surface area (Å²) >= 11 is 0. The van der Waals surface area contributed by atoms with Gasteiger partial charge in [0.15, 0.2) is 6.61 Å². The highest BCUT2D eigenvalue weighted by molar-refractivity contribution is 5.91. The van der Waals surface area contributed by atoms with E-state index in [-0.39, 0.29) is 19.3 Å². The molecule has 148 valence electrons. The third-order valence-corrected chi connectivity index (χ3v) is 3.66. The Bertz CT molecular complexity index is 812. The molecule has 0 radical (unpaired) electrons. The van der Waals surface area contributed by atoms with Gasteiger partial charge in [0, 0.05) is 6.54 Å². The summed E-state index contributed by atoms with van der Waals surface area (Å²) in [6.07, 6.45) is 0.0400. The number of esters is 2. The van der Waals surface area contributed by atoms with Crippen LogP contribution >= 0.6 is 0 Å². The molecule has 2 aromatic carbocycles. The lowest BCUT2D eigenvalue weighted by Gasteiger charge is -2.10. The molecular formula is C21H23NO6. The smallest absolute Gasteiger partial charge is 0.338 e. The number of nitrogens with one attached hydrogen (secondary N) is 1. The van der Waals surface area contributed by atoms with Crippen LogP contribution in [0, 0.1) is 0 Å². The Morgan fingerprint density at radius 1 is 0.893 bits per heavy atom. The van der Waals surface area contributed by atoms with Gasteiger partial charge in [0.2, 0.25) is 0 Å². The van der Waals surface area contributed by atoms with E-state index >= 15 is 0 Å². The molecule has 0 saturated carbocycles. The van der Waals surface area contributed by atoms with Crippen LogP contribution in [0.4, 0.5) is 0 Å². The number of carbonyl (C=O) groups is 3. The Kier molecular flexibility index (Phi) is 7.56. The van der Waals surface area contributed by atoms with Crippen molar-refractivity contribution in [3.05, 3.63) is 65.2 Å². The lowest BCUT2D eigenvalue weighted by Crippen LogP contribution is -2.28. The first-order chi connectivity index (χ1) is 13.4. The lowest BCUT2D eigenvalue weighted by molar-refractivity contribution is -0.124. The van der Waals surface area contributed by atoms with Gasteiger partial charge in [-0.3, -0.25) is 4.79 Å². The molecule has 0 aliphatic heterocycles. The number of rotatable bonds is 8. The second-order valence-electron chi connectivity index (χ2n) is 6.23. The number of hydrogen-bond acceptors (Lipinski definition) is 6. The van der Waals surface area contributed by atoms with Crippen molar-refractivity contribution in [3.63, 3.8) is 0 Å². The monoisotopic (exact) mass is 385 g/mol. The molecule has 0 aliphatic rings. The molecule has 0 unspecified atom stereocenters. The summed E-state index contributed by atoms with van der Waals surface area (Å²) in [4.78, 5) is 35.2. The number of methoxy groups -OCH3 is 1. The summed E-state index contributed by atoms with van der Waals surface area (Å²) in [7, 11) is 1.31. The van der Waals surface area contributed by atoms with Crippen LogP contribution in [-0.4, -0.2) is 37.7 Å². The van der Waals surface area contributed by atoms with Gasteiger partial charge in [-0.25, -0.2) is 9.59 Å². The molecule has 0 bridgehead atoms. The quantitative estimate of drug-likeness (QED) is 0.703. The molecule has 0 spiro atoms. The van der Waals surface area contributed by atoms with Crippen LogP contribution < -0.4 is 10.1 Å². The van der Waals surface area contributed by atoms with Gasteiger partial charge in [-0.15, -0.1) is 0 Å². The second-order valence-corrected chi connectivity index (χ2v) is 6.23. The van der Waals surface area contributed by atoms with Crippen LogP contribution in [0.15, 0.2) is 48.5 Å². The summed E-state index contributed by atoms with van der Waals surface area (Å²) in [5.41, 5.74) is 1.56. The molecule has 2 rings (SSSR count). The third kappa shape index (κ3) is 6.42. The molecule has 28 heavy (non-hydrogen) atoms. The SMILES string of the molecule is COC(=O)c1ccc(CNC(=O)COC(=O)c2ccc(OC(C)C)cc2)cc1. The largest absolute Gasteiger partial charge is 0.491 e. The van der Waals surface area contributed by atoms with Crippen molar-refractivity contribution in [2.24, 2.45) is 0 Å². The van der Waals surface area contributed by atoms with Crippen molar-refractivity contribution < 1.29 is 28.6 Å². The minimum absolute atomic E-state index is 0.0400. The highest BCUT2D eigenvalue weighted by Gasteiger charge is 2.11. The molecule has 1 amide bonds. The average molecular weight is 385 g/mol. The highest BCUT2D eigenvalue weighted by atomic mass is 16.5. The number of ether oxygens (including phenoxy) is 3. The molecule has 7 heteroatoms. The van der Waals surface area contributed by atoms with Gasteiger partial charge in [0.05, 0.1) is 24.3 Å². The van der Waals surface area contributed by atoms with Crippen LogP contribution in [0.1, 0.15) is 40.1 Å². The van der Waals surface area contributed by atoms with E-state index < -0.39 is 17.8 Å².